The van der Waals surface area contributed by atoms with Gasteiger partial charge in [0, 0.05) is 23.9 Å². The van der Waals surface area contributed by atoms with Crippen LogP contribution in [0.5, 0.6) is 0 Å². The number of carbonyl (C=O) groups excluding carboxylic acids is 1. The van der Waals surface area contributed by atoms with Gasteiger partial charge in [0.05, 0.1) is 12.0 Å². The molecule has 0 aromatic rings. The molecule has 114 valence electrons. The number of nitrogens with zero attached hydrogens (tertiary/aromatic N) is 4. The topological polar surface area (TPSA) is 78.3 Å². The third-order valence-electron chi connectivity index (χ3n) is 3.18. The summed E-state index contributed by atoms with van der Waals surface area (Å²) in [5.74, 6) is -4.33. The van der Waals surface area contributed by atoms with Crippen LogP contribution in [0.2, 0.25) is 0 Å². The lowest BCUT2D eigenvalue weighted by atomic mass is 9.90. The predicted octanol–water partition coefficient (Wildman–Crippen LogP) is 3.15. The molecule has 1 rings (SSSR count). The third kappa shape index (κ3) is 4.61. The Hall–Kier alpha value is -1.40. The largest absolute Gasteiger partial charge is 0.367 e. The van der Waals surface area contributed by atoms with Gasteiger partial charge in [-0.3, -0.25) is 0 Å². The van der Waals surface area contributed by atoms with E-state index in [-0.39, 0.29) is 25.9 Å². The summed E-state index contributed by atoms with van der Waals surface area (Å²) < 4.78 is 27.9. The molecule has 0 aliphatic carbocycles. The molecule has 1 fully saturated rings. The number of hydroxylamine groups is 2. The third-order valence-corrected chi connectivity index (χ3v) is 3.18. The maximum Gasteiger partial charge on any atom is 0.330 e. The average molecular weight is 290 g/mol. The fourth-order valence-electron chi connectivity index (χ4n) is 1.90. The zero-order valence-corrected chi connectivity index (χ0v) is 12.0. The van der Waals surface area contributed by atoms with Crippen LogP contribution in [0.25, 0.3) is 10.4 Å². The van der Waals surface area contributed by atoms with E-state index in [0.29, 0.717) is 0 Å². The van der Waals surface area contributed by atoms with Crippen molar-refractivity contribution < 1.29 is 18.4 Å². The van der Waals surface area contributed by atoms with E-state index in [9.17, 15) is 13.6 Å². The van der Waals surface area contributed by atoms with Crippen molar-refractivity contribution in [2.24, 2.45) is 16.4 Å². The summed E-state index contributed by atoms with van der Waals surface area (Å²) in [7, 11) is 0. The Morgan fingerprint density at radius 1 is 1.55 bits per heavy atom. The van der Waals surface area contributed by atoms with E-state index in [1.54, 1.807) is 20.8 Å². The van der Waals surface area contributed by atoms with E-state index in [1.807, 2.05) is 0 Å². The molecule has 8 heteroatoms. The van der Waals surface area contributed by atoms with Crippen LogP contribution in [0.1, 0.15) is 33.6 Å². The summed E-state index contributed by atoms with van der Waals surface area (Å²) in [6.07, 6.45) is 0.337. The van der Waals surface area contributed by atoms with Crippen molar-refractivity contribution in [3.05, 3.63) is 10.4 Å². The summed E-state index contributed by atoms with van der Waals surface area (Å²) in [5, 5.41) is 4.30. The first-order valence-electron chi connectivity index (χ1n) is 6.53. The van der Waals surface area contributed by atoms with Crippen molar-refractivity contribution in [1.29, 1.82) is 0 Å². The standard InChI is InChI=1S/C12H20F2N4O2/c1-11(2,3)10(19)20-18-7-5-9(4-6-16-17-15)12(13,14)8-18/h9H,4-8H2,1-3H3. The highest BCUT2D eigenvalue weighted by Gasteiger charge is 2.45. The van der Waals surface area contributed by atoms with Crippen LogP contribution in [-0.4, -0.2) is 36.6 Å². The minimum absolute atomic E-state index is 0.0541. The number of alkyl halides is 2. The molecule has 0 aromatic carbocycles. The maximum atomic E-state index is 13.9. The number of halogens is 2. The van der Waals surface area contributed by atoms with E-state index in [2.05, 4.69) is 10.0 Å². The zero-order valence-electron chi connectivity index (χ0n) is 12.0. The van der Waals surface area contributed by atoms with Crippen molar-refractivity contribution >= 4 is 5.97 Å². The van der Waals surface area contributed by atoms with Crippen LogP contribution in [0, 0.1) is 11.3 Å². The number of rotatable bonds is 4. The molecule has 0 N–H and O–H groups in total. The Bertz CT molecular complexity index is 403. The van der Waals surface area contributed by atoms with Crippen molar-refractivity contribution in [2.45, 2.75) is 39.5 Å². The van der Waals surface area contributed by atoms with Gasteiger partial charge in [-0.2, -0.15) is 0 Å². The molecule has 0 radical (unpaired) electrons. The highest BCUT2D eigenvalue weighted by molar-refractivity contribution is 5.75. The molecule has 1 aliphatic heterocycles. The molecule has 0 saturated carbocycles. The quantitative estimate of drug-likeness (QED) is 0.453. The summed E-state index contributed by atoms with van der Waals surface area (Å²) >= 11 is 0. The van der Waals surface area contributed by atoms with E-state index in [0.717, 1.165) is 5.06 Å². The Labute approximate surface area is 116 Å². The van der Waals surface area contributed by atoms with Crippen LogP contribution >= 0.6 is 0 Å². The fraction of sp³-hybridized carbons (Fsp3) is 0.917. The normalized spacial score (nSPS) is 22.9. The number of hydrogen-bond acceptors (Lipinski definition) is 4. The molecule has 6 nitrogen and oxygen atoms in total. The molecule has 0 aromatic heterocycles. The predicted molar refractivity (Wildman–Crippen MR) is 68.8 cm³/mol. The van der Waals surface area contributed by atoms with Gasteiger partial charge in [0.25, 0.3) is 5.92 Å². The van der Waals surface area contributed by atoms with Gasteiger partial charge < -0.3 is 4.84 Å². The number of azide groups is 1. The highest BCUT2D eigenvalue weighted by Crippen LogP contribution is 2.35. The monoisotopic (exact) mass is 290 g/mol. The van der Waals surface area contributed by atoms with Gasteiger partial charge >= 0.3 is 5.97 Å². The number of hydrogen-bond donors (Lipinski definition) is 0. The summed E-state index contributed by atoms with van der Waals surface area (Å²) in [6.45, 7) is 4.70. The molecule has 1 saturated heterocycles. The summed E-state index contributed by atoms with van der Waals surface area (Å²) in [6, 6.07) is 0. The van der Waals surface area contributed by atoms with E-state index in [4.69, 9.17) is 10.4 Å². The van der Waals surface area contributed by atoms with Gasteiger partial charge in [-0.1, -0.05) is 5.11 Å². The Balaban J connectivity index is 2.55. The van der Waals surface area contributed by atoms with E-state index < -0.39 is 29.8 Å². The van der Waals surface area contributed by atoms with Gasteiger partial charge in [0.2, 0.25) is 0 Å². The maximum absolute atomic E-state index is 13.9. The number of piperidine rings is 1. The Kier molecular flexibility index (Phi) is 5.30. The molecule has 0 spiro atoms. The van der Waals surface area contributed by atoms with Gasteiger partial charge in [0.1, 0.15) is 0 Å². The zero-order chi connectivity index (χ0) is 15.4. The van der Waals surface area contributed by atoms with E-state index in [1.165, 1.54) is 0 Å². The van der Waals surface area contributed by atoms with Crippen molar-refractivity contribution in [2.75, 3.05) is 19.6 Å². The first-order valence-corrected chi connectivity index (χ1v) is 6.53. The molecule has 1 aliphatic rings. The average Bonchev–Trinajstić information content (AvgIpc) is 2.30. The second kappa shape index (κ2) is 6.37. The molecule has 1 heterocycles. The lowest BCUT2D eigenvalue weighted by Gasteiger charge is -2.37. The molecular formula is C12H20F2N4O2. The first kappa shape index (κ1) is 16.7. The molecule has 0 amide bonds. The molecular weight excluding hydrogens is 270 g/mol. The smallest absolute Gasteiger partial charge is 0.330 e. The summed E-state index contributed by atoms with van der Waals surface area (Å²) in [4.78, 5) is 19.2. The molecule has 20 heavy (non-hydrogen) atoms. The Morgan fingerprint density at radius 3 is 2.70 bits per heavy atom. The molecule has 0 bridgehead atoms. The number of carbonyl (C=O) groups is 1. The Morgan fingerprint density at radius 2 is 2.20 bits per heavy atom. The van der Waals surface area contributed by atoms with Crippen LogP contribution in [0.3, 0.4) is 0 Å². The van der Waals surface area contributed by atoms with Crippen molar-refractivity contribution in [1.82, 2.24) is 5.06 Å². The lowest BCUT2D eigenvalue weighted by molar-refractivity contribution is -0.238. The second-order valence-electron chi connectivity index (χ2n) is 5.98. The van der Waals surface area contributed by atoms with Crippen LogP contribution in [0.15, 0.2) is 5.11 Å². The highest BCUT2D eigenvalue weighted by atomic mass is 19.3. The van der Waals surface area contributed by atoms with Gasteiger partial charge in [-0.25, -0.2) is 13.6 Å². The van der Waals surface area contributed by atoms with Crippen LogP contribution < -0.4 is 0 Å². The van der Waals surface area contributed by atoms with Gasteiger partial charge in [0.15, 0.2) is 0 Å². The SMILES string of the molecule is CC(C)(C)C(=O)ON1CCC(CCN=[N+]=[N-])C(F)(F)C1. The minimum atomic E-state index is -2.96. The van der Waals surface area contributed by atoms with E-state index >= 15 is 0 Å². The van der Waals surface area contributed by atoms with Gasteiger partial charge in [-0.15, -0.1) is 5.06 Å². The van der Waals surface area contributed by atoms with Crippen LogP contribution in [-0.2, 0) is 9.63 Å². The van der Waals surface area contributed by atoms with Crippen molar-refractivity contribution in [3.63, 3.8) is 0 Å². The molecule has 1 atom stereocenters. The van der Waals surface area contributed by atoms with Gasteiger partial charge in [-0.05, 0) is 39.1 Å². The van der Waals surface area contributed by atoms with Crippen molar-refractivity contribution in [3.8, 4) is 0 Å². The fourth-order valence-corrected chi connectivity index (χ4v) is 1.90. The first-order chi connectivity index (χ1) is 9.16. The summed E-state index contributed by atoms with van der Waals surface area (Å²) in [5.41, 5.74) is 7.42. The lowest BCUT2D eigenvalue weighted by Crippen LogP contribution is -2.50. The molecule has 1 unspecified atom stereocenters. The second-order valence-corrected chi connectivity index (χ2v) is 5.98. The minimum Gasteiger partial charge on any atom is -0.367 e. The van der Waals surface area contributed by atoms with Crippen LogP contribution in [0.4, 0.5) is 8.78 Å².